The summed E-state index contributed by atoms with van der Waals surface area (Å²) in [6.07, 6.45) is 0. The normalized spacial score (nSPS) is 10.1. The molecule has 0 radical (unpaired) electrons. The maximum Gasteiger partial charge on any atom is 0.258 e. The molecule has 0 aliphatic rings. The molecular weight excluding hydrogens is 256 g/mol. The Morgan fingerprint density at radius 1 is 1.20 bits per heavy atom. The zero-order valence-electron chi connectivity index (χ0n) is 11.3. The van der Waals surface area contributed by atoms with Crippen LogP contribution in [0.15, 0.2) is 42.5 Å². The van der Waals surface area contributed by atoms with Crippen LogP contribution in [0.3, 0.4) is 0 Å². The molecule has 0 aromatic heterocycles. The van der Waals surface area contributed by atoms with E-state index < -0.39 is 0 Å². The van der Waals surface area contributed by atoms with E-state index in [9.17, 15) is 9.90 Å². The number of aromatic hydroxyl groups is 1. The molecule has 0 fully saturated rings. The fourth-order valence-electron chi connectivity index (χ4n) is 1.85. The second-order valence-electron chi connectivity index (χ2n) is 4.34. The molecule has 2 rings (SSSR count). The molecule has 0 spiro atoms. The van der Waals surface area contributed by atoms with Gasteiger partial charge in [-0.05, 0) is 42.5 Å². The van der Waals surface area contributed by atoms with Gasteiger partial charge in [0.25, 0.3) is 5.91 Å². The molecule has 1 amide bonds. The summed E-state index contributed by atoms with van der Waals surface area (Å²) in [4.78, 5) is 13.8. The topological polar surface area (TPSA) is 75.8 Å². The lowest BCUT2D eigenvalue weighted by atomic mass is 10.1. The molecule has 0 unspecified atom stereocenters. The quantitative estimate of drug-likeness (QED) is 0.840. The number of rotatable bonds is 3. The fraction of sp³-hybridized carbons (Fsp3) is 0.133. The van der Waals surface area contributed by atoms with Gasteiger partial charge in [0, 0.05) is 18.3 Å². The van der Waals surface area contributed by atoms with Gasteiger partial charge in [0.1, 0.15) is 11.5 Å². The minimum Gasteiger partial charge on any atom is -0.508 e. The molecule has 0 aliphatic heterocycles. The number of methoxy groups -OCH3 is 1. The van der Waals surface area contributed by atoms with E-state index in [2.05, 4.69) is 0 Å². The molecule has 2 aromatic carbocycles. The molecular formula is C15H16N2O3. The Kier molecular flexibility index (Phi) is 3.79. The van der Waals surface area contributed by atoms with Crippen LogP contribution >= 0.6 is 0 Å². The first-order chi connectivity index (χ1) is 9.52. The highest BCUT2D eigenvalue weighted by atomic mass is 16.5. The number of hydrogen-bond acceptors (Lipinski definition) is 4. The fourth-order valence-corrected chi connectivity index (χ4v) is 1.85. The van der Waals surface area contributed by atoms with Gasteiger partial charge in [-0.15, -0.1) is 0 Å². The van der Waals surface area contributed by atoms with Gasteiger partial charge < -0.3 is 20.5 Å². The molecule has 5 nitrogen and oxygen atoms in total. The average molecular weight is 272 g/mol. The molecule has 3 N–H and O–H groups in total. The van der Waals surface area contributed by atoms with Gasteiger partial charge >= 0.3 is 0 Å². The molecule has 0 atom stereocenters. The molecule has 2 aromatic rings. The van der Waals surface area contributed by atoms with Crippen molar-refractivity contribution < 1.29 is 14.6 Å². The van der Waals surface area contributed by atoms with Gasteiger partial charge in [0.2, 0.25) is 0 Å². The maximum absolute atomic E-state index is 12.3. The highest BCUT2D eigenvalue weighted by molar-refractivity contribution is 6.06. The van der Waals surface area contributed by atoms with Gasteiger partial charge in [0.15, 0.2) is 0 Å². The predicted molar refractivity (Wildman–Crippen MR) is 78.2 cm³/mol. The summed E-state index contributed by atoms with van der Waals surface area (Å²) in [5.74, 6) is 0.502. The number of nitrogens with zero attached hydrogens (tertiary/aromatic N) is 1. The number of benzene rings is 2. The first-order valence-electron chi connectivity index (χ1n) is 6.03. The Balaban J connectivity index is 2.26. The molecule has 104 valence electrons. The molecule has 0 aliphatic carbocycles. The third-order valence-corrected chi connectivity index (χ3v) is 3.02. The number of nitrogen functional groups attached to an aromatic ring is 1. The number of nitrogens with two attached hydrogens (primary N) is 1. The molecule has 0 saturated carbocycles. The molecule has 5 heteroatoms. The predicted octanol–water partition coefficient (Wildman–Crippen LogP) is 2.26. The molecule has 20 heavy (non-hydrogen) atoms. The Bertz CT molecular complexity index is 624. The number of hydrogen-bond donors (Lipinski definition) is 2. The van der Waals surface area contributed by atoms with Crippen LogP contribution in [0, 0.1) is 0 Å². The Hall–Kier alpha value is -2.69. The summed E-state index contributed by atoms with van der Waals surface area (Å²) in [6, 6.07) is 11.3. The van der Waals surface area contributed by atoms with Crippen LogP contribution in [0.25, 0.3) is 0 Å². The van der Waals surface area contributed by atoms with Gasteiger partial charge in [0.05, 0.1) is 12.8 Å². The first kappa shape index (κ1) is 13.7. The minimum absolute atomic E-state index is 0.156. The van der Waals surface area contributed by atoms with Gasteiger partial charge in [-0.2, -0.15) is 0 Å². The lowest BCUT2D eigenvalue weighted by molar-refractivity contribution is 0.0993. The number of carbonyl (C=O) groups excluding carboxylic acids is 1. The molecule has 0 saturated heterocycles. The van der Waals surface area contributed by atoms with Crippen LogP contribution in [-0.2, 0) is 0 Å². The highest BCUT2D eigenvalue weighted by Gasteiger charge is 2.14. The maximum atomic E-state index is 12.3. The van der Waals surface area contributed by atoms with Crippen LogP contribution in [0.2, 0.25) is 0 Å². The summed E-state index contributed by atoms with van der Waals surface area (Å²) in [6.45, 7) is 0. The zero-order chi connectivity index (χ0) is 14.7. The van der Waals surface area contributed by atoms with Crippen molar-refractivity contribution >= 4 is 17.3 Å². The van der Waals surface area contributed by atoms with E-state index in [1.54, 1.807) is 37.4 Å². The number of phenols is 1. The Morgan fingerprint density at radius 3 is 2.40 bits per heavy atom. The van der Waals surface area contributed by atoms with Crippen LogP contribution < -0.4 is 15.4 Å². The van der Waals surface area contributed by atoms with E-state index in [0.29, 0.717) is 22.7 Å². The van der Waals surface area contributed by atoms with Gasteiger partial charge in [-0.25, -0.2) is 0 Å². The third-order valence-electron chi connectivity index (χ3n) is 3.02. The Labute approximate surface area is 117 Å². The van der Waals surface area contributed by atoms with Crippen LogP contribution in [0.5, 0.6) is 11.5 Å². The lowest BCUT2D eigenvalue weighted by Crippen LogP contribution is -2.26. The van der Waals surface area contributed by atoms with Crippen LogP contribution in [0.4, 0.5) is 11.4 Å². The summed E-state index contributed by atoms with van der Waals surface area (Å²) < 4.78 is 5.06. The number of phenolic OH excluding ortho intramolecular Hbond substituents is 1. The SMILES string of the molecule is COc1ccc(C(=O)N(C)c2ccc(O)cc2)cc1N. The number of anilines is 2. The van der Waals surface area contributed by atoms with Crippen molar-refractivity contribution in [1.29, 1.82) is 0 Å². The van der Waals surface area contributed by atoms with Crippen LogP contribution in [-0.4, -0.2) is 25.2 Å². The van der Waals surface area contributed by atoms with E-state index in [0.717, 1.165) is 0 Å². The first-order valence-corrected chi connectivity index (χ1v) is 6.03. The van der Waals surface area contributed by atoms with E-state index in [4.69, 9.17) is 10.5 Å². The van der Waals surface area contributed by atoms with E-state index in [1.807, 2.05) is 0 Å². The number of carbonyl (C=O) groups is 1. The van der Waals surface area contributed by atoms with Crippen molar-refractivity contribution in [3.8, 4) is 11.5 Å². The van der Waals surface area contributed by atoms with E-state index >= 15 is 0 Å². The minimum atomic E-state index is -0.190. The van der Waals surface area contributed by atoms with Crippen molar-refractivity contribution in [2.45, 2.75) is 0 Å². The number of ether oxygens (including phenoxy) is 1. The summed E-state index contributed by atoms with van der Waals surface area (Å²) in [5, 5.41) is 9.25. The molecule has 0 bridgehead atoms. The second-order valence-corrected chi connectivity index (χ2v) is 4.34. The summed E-state index contributed by atoms with van der Waals surface area (Å²) in [7, 11) is 3.19. The van der Waals surface area contributed by atoms with Gasteiger partial charge in [-0.1, -0.05) is 0 Å². The standard InChI is InChI=1S/C15H16N2O3/c1-17(11-4-6-12(18)7-5-11)15(19)10-3-8-14(20-2)13(16)9-10/h3-9,18H,16H2,1-2H3. The third kappa shape index (κ3) is 2.66. The second kappa shape index (κ2) is 5.52. The summed E-state index contributed by atoms with van der Waals surface area (Å²) >= 11 is 0. The van der Waals surface area contributed by atoms with Crippen molar-refractivity contribution in [3.05, 3.63) is 48.0 Å². The number of amides is 1. The molecule has 0 heterocycles. The van der Waals surface area contributed by atoms with Crippen molar-refractivity contribution in [1.82, 2.24) is 0 Å². The highest BCUT2D eigenvalue weighted by Crippen LogP contribution is 2.24. The van der Waals surface area contributed by atoms with Crippen LogP contribution in [0.1, 0.15) is 10.4 Å². The van der Waals surface area contributed by atoms with Crippen molar-refractivity contribution in [2.75, 3.05) is 24.8 Å². The monoisotopic (exact) mass is 272 g/mol. The smallest absolute Gasteiger partial charge is 0.258 e. The van der Waals surface area contributed by atoms with Gasteiger partial charge in [-0.3, -0.25) is 4.79 Å². The van der Waals surface area contributed by atoms with Crippen molar-refractivity contribution in [3.63, 3.8) is 0 Å². The average Bonchev–Trinajstić information content (AvgIpc) is 2.46. The van der Waals surface area contributed by atoms with E-state index in [1.165, 1.54) is 24.1 Å². The van der Waals surface area contributed by atoms with Crippen molar-refractivity contribution in [2.24, 2.45) is 0 Å². The largest absolute Gasteiger partial charge is 0.508 e. The summed E-state index contributed by atoms with van der Waals surface area (Å²) in [5.41, 5.74) is 7.37. The van der Waals surface area contributed by atoms with E-state index in [-0.39, 0.29) is 11.7 Å². The Morgan fingerprint density at radius 2 is 1.85 bits per heavy atom. The lowest BCUT2D eigenvalue weighted by Gasteiger charge is -2.18. The zero-order valence-corrected chi connectivity index (χ0v) is 11.3.